The molecule has 8 nitrogen and oxygen atoms in total. The summed E-state index contributed by atoms with van der Waals surface area (Å²) in [6.45, 7) is 3.83. The van der Waals surface area contributed by atoms with Crippen LogP contribution in [0.3, 0.4) is 0 Å². The van der Waals surface area contributed by atoms with Crippen LogP contribution in [0.5, 0.6) is 28.7 Å². The molecule has 5 aromatic carbocycles. The highest BCUT2D eigenvalue weighted by molar-refractivity contribution is 5.92. The molecular weight excluding hydrogens is 632 g/mol. The zero-order valence-electron chi connectivity index (χ0n) is 29.0. The molecule has 0 saturated carbocycles. The van der Waals surface area contributed by atoms with E-state index >= 15 is 0 Å². The summed E-state index contributed by atoms with van der Waals surface area (Å²) >= 11 is 0. The first-order chi connectivity index (χ1) is 24.3. The second-order valence-corrected chi connectivity index (χ2v) is 11.8. The molecule has 0 aromatic heterocycles. The van der Waals surface area contributed by atoms with Crippen molar-refractivity contribution < 1.29 is 38.0 Å². The number of esters is 2. The molecule has 0 radical (unpaired) electrons. The first kappa shape index (κ1) is 35.5. The maximum Gasteiger partial charge on any atom is 0.341 e. The highest BCUT2D eigenvalue weighted by Gasteiger charge is 2.31. The minimum Gasteiger partial charge on any atom is -0.496 e. The third-order valence-corrected chi connectivity index (χ3v) is 8.36. The van der Waals surface area contributed by atoms with Crippen LogP contribution in [0, 0.1) is 13.8 Å². The molecule has 5 aromatic rings. The van der Waals surface area contributed by atoms with Crippen molar-refractivity contribution in [1.29, 1.82) is 0 Å². The molecule has 5 rings (SSSR count). The average Bonchev–Trinajstić information content (AvgIpc) is 3.15. The molecule has 8 heteroatoms. The molecule has 0 unspecified atom stereocenters. The summed E-state index contributed by atoms with van der Waals surface area (Å²) in [7, 11) is 4.53. The first-order valence-electron chi connectivity index (χ1n) is 16.5. The minimum absolute atomic E-state index is 0.323. The van der Waals surface area contributed by atoms with Crippen LogP contribution >= 0.6 is 0 Å². The molecule has 50 heavy (non-hydrogen) atoms. The van der Waals surface area contributed by atoms with Crippen LogP contribution < -0.4 is 18.9 Å². The Morgan fingerprint density at radius 1 is 0.660 bits per heavy atom. The number of carbonyl (C=O) groups is 2. The Balaban J connectivity index is 1.48. The van der Waals surface area contributed by atoms with E-state index < -0.39 is 24.1 Å². The number of methoxy groups -OCH3 is 3. The van der Waals surface area contributed by atoms with Crippen LogP contribution in [0.1, 0.15) is 61.9 Å². The number of carbonyl (C=O) groups excluding carboxylic acids is 2. The van der Waals surface area contributed by atoms with Crippen molar-refractivity contribution >= 4 is 11.9 Å². The largest absolute Gasteiger partial charge is 0.496 e. The van der Waals surface area contributed by atoms with Crippen LogP contribution in [0.15, 0.2) is 115 Å². The van der Waals surface area contributed by atoms with Crippen molar-refractivity contribution in [2.45, 2.75) is 45.3 Å². The Bertz CT molecular complexity index is 1850. The fourth-order valence-electron chi connectivity index (χ4n) is 5.69. The van der Waals surface area contributed by atoms with Crippen LogP contribution in [0.25, 0.3) is 0 Å². The van der Waals surface area contributed by atoms with Crippen LogP contribution in [-0.4, -0.2) is 39.4 Å². The Kier molecular flexibility index (Phi) is 12.1. The predicted octanol–water partition coefficient (Wildman–Crippen LogP) is 9.27. The van der Waals surface area contributed by atoms with E-state index in [-0.39, 0.29) is 0 Å². The van der Waals surface area contributed by atoms with Gasteiger partial charge >= 0.3 is 11.9 Å². The van der Waals surface area contributed by atoms with E-state index in [0.717, 1.165) is 24.0 Å². The number of benzene rings is 5. The Labute approximate surface area is 293 Å². The number of aryl methyl sites for hydroxylation is 2. The van der Waals surface area contributed by atoms with Gasteiger partial charge in [0.1, 0.15) is 40.4 Å². The van der Waals surface area contributed by atoms with Crippen molar-refractivity contribution in [2.24, 2.45) is 0 Å². The number of rotatable bonds is 15. The van der Waals surface area contributed by atoms with E-state index in [1.165, 1.54) is 12.7 Å². The lowest BCUT2D eigenvalue weighted by molar-refractivity contribution is -0.0139. The van der Waals surface area contributed by atoms with E-state index in [1.54, 1.807) is 74.9 Å². The van der Waals surface area contributed by atoms with E-state index in [2.05, 4.69) is 12.1 Å². The lowest BCUT2D eigenvalue weighted by Gasteiger charge is -2.29. The van der Waals surface area contributed by atoms with E-state index in [0.29, 0.717) is 51.9 Å². The highest BCUT2D eigenvalue weighted by Crippen LogP contribution is 2.38. The minimum atomic E-state index is -0.826. The maximum atomic E-state index is 13.6. The van der Waals surface area contributed by atoms with Gasteiger partial charge in [0.25, 0.3) is 0 Å². The third-order valence-electron chi connectivity index (χ3n) is 8.36. The van der Waals surface area contributed by atoms with Gasteiger partial charge in [0, 0.05) is 11.1 Å². The lowest BCUT2D eigenvalue weighted by Crippen LogP contribution is -2.30. The number of hydrogen-bond acceptors (Lipinski definition) is 8. The lowest BCUT2D eigenvalue weighted by atomic mass is 9.96. The van der Waals surface area contributed by atoms with Crippen molar-refractivity contribution in [3.63, 3.8) is 0 Å². The normalized spacial score (nSPS) is 11.9. The zero-order chi connectivity index (χ0) is 35.5. The summed E-state index contributed by atoms with van der Waals surface area (Å²) in [4.78, 5) is 26.0. The topological polar surface area (TPSA) is 89.5 Å². The number of ether oxygens (including phenoxy) is 6. The molecule has 0 N–H and O–H groups in total. The van der Waals surface area contributed by atoms with Crippen LogP contribution in [0.4, 0.5) is 0 Å². The standard InChI is InChI=1S/C42H42O8/c1-28-19-24-35(42(44)47-5)39(25-28)49-34-22-20-33(21-23-34)48-36(18-12-15-30-13-8-6-9-14-30)40(50-41(43)31-16-10-7-11-17-31)32-26-37(45-3)29(2)38(27-32)46-4/h6-11,13-14,16-17,19-27,36,40H,12,15,18H2,1-5H3/t36-,40-/m0/s1. The monoisotopic (exact) mass is 674 g/mol. The molecule has 0 aliphatic rings. The van der Waals surface area contributed by atoms with Gasteiger partial charge in [-0.3, -0.25) is 0 Å². The Hall–Kier alpha value is -5.76. The van der Waals surface area contributed by atoms with Gasteiger partial charge in [0.05, 0.1) is 26.9 Å². The smallest absolute Gasteiger partial charge is 0.341 e. The highest BCUT2D eigenvalue weighted by atomic mass is 16.6. The van der Waals surface area contributed by atoms with Gasteiger partial charge in [-0.25, -0.2) is 9.59 Å². The fourth-order valence-corrected chi connectivity index (χ4v) is 5.69. The number of hydrogen-bond donors (Lipinski definition) is 0. The summed E-state index contributed by atoms with van der Waals surface area (Å²) in [6, 6.07) is 35.3. The zero-order valence-corrected chi connectivity index (χ0v) is 29.0. The maximum absolute atomic E-state index is 13.6. The van der Waals surface area contributed by atoms with Gasteiger partial charge in [-0.2, -0.15) is 0 Å². The van der Waals surface area contributed by atoms with Gasteiger partial charge in [0.15, 0.2) is 6.10 Å². The molecule has 0 bridgehead atoms. The Morgan fingerprint density at radius 2 is 1.28 bits per heavy atom. The third kappa shape index (κ3) is 9.02. The molecule has 0 spiro atoms. The first-order valence-corrected chi connectivity index (χ1v) is 16.5. The molecule has 2 atom stereocenters. The molecule has 0 aliphatic heterocycles. The van der Waals surface area contributed by atoms with Gasteiger partial charge in [0.2, 0.25) is 0 Å². The van der Waals surface area contributed by atoms with E-state index in [1.807, 2.05) is 56.3 Å². The molecular formula is C42H42O8. The summed E-state index contributed by atoms with van der Waals surface area (Å²) in [5.74, 6) is 1.69. The van der Waals surface area contributed by atoms with Gasteiger partial charge in [-0.1, -0.05) is 54.6 Å². The van der Waals surface area contributed by atoms with E-state index in [4.69, 9.17) is 28.4 Å². The van der Waals surface area contributed by atoms with Crippen molar-refractivity contribution in [3.8, 4) is 28.7 Å². The summed E-state index contributed by atoms with van der Waals surface area (Å²) < 4.78 is 35.5. The van der Waals surface area contributed by atoms with Crippen LogP contribution in [-0.2, 0) is 15.9 Å². The summed E-state index contributed by atoms with van der Waals surface area (Å²) in [6.07, 6.45) is 0.709. The molecule has 0 saturated heterocycles. The van der Waals surface area contributed by atoms with Gasteiger partial charge < -0.3 is 28.4 Å². The average molecular weight is 675 g/mol. The second kappa shape index (κ2) is 17.1. The van der Waals surface area contributed by atoms with Crippen molar-refractivity contribution in [3.05, 3.63) is 149 Å². The molecule has 0 heterocycles. The summed E-state index contributed by atoms with van der Waals surface area (Å²) in [5, 5.41) is 0. The molecule has 258 valence electrons. The molecule has 0 amide bonds. The fraction of sp³-hybridized carbons (Fsp3) is 0.238. The van der Waals surface area contributed by atoms with E-state index in [9.17, 15) is 9.59 Å². The SMILES string of the molecule is COC(=O)c1ccc(C)cc1Oc1ccc(O[C@@H](CCCc2ccccc2)[C@@H](OC(=O)c2ccccc2)c2cc(OC)c(C)c(OC)c2)cc1. The quantitative estimate of drug-likeness (QED) is 0.102. The van der Waals surface area contributed by atoms with Crippen LogP contribution in [0.2, 0.25) is 0 Å². The molecule has 0 aliphatic carbocycles. The summed E-state index contributed by atoms with van der Waals surface area (Å²) in [5.41, 5.74) is 4.39. The van der Waals surface area contributed by atoms with Gasteiger partial charge in [-0.05, 0) is 105 Å². The van der Waals surface area contributed by atoms with Gasteiger partial charge in [-0.15, -0.1) is 0 Å². The molecule has 0 fully saturated rings. The predicted molar refractivity (Wildman–Crippen MR) is 192 cm³/mol. The Morgan fingerprint density at radius 3 is 1.90 bits per heavy atom. The second-order valence-electron chi connectivity index (χ2n) is 11.8. The van der Waals surface area contributed by atoms with Crippen molar-refractivity contribution in [1.82, 2.24) is 0 Å². The van der Waals surface area contributed by atoms with Crippen molar-refractivity contribution in [2.75, 3.05) is 21.3 Å².